The maximum absolute atomic E-state index is 9.03. The lowest BCUT2D eigenvalue weighted by atomic mass is 10.2. The third kappa shape index (κ3) is 5.87. The minimum Gasteiger partial charge on any atom is -0.472 e. The fourth-order valence-electron chi connectivity index (χ4n) is 3.18. The number of rotatable bonds is 6. The number of nitrogens with zero attached hydrogens (tertiary/aromatic N) is 5. The largest absolute Gasteiger partial charge is 0.472 e. The summed E-state index contributed by atoms with van der Waals surface area (Å²) in [6.07, 6.45) is 1.84. The van der Waals surface area contributed by atoms with E-state index in [1.807, 2.05) is 36.5 Å². The van der Waals surface area contributed by atoms with Crippen LogP contribution in [0, 0.1) is 14.9 Å². The van der Waals surface area contributed by atoms with Gasteiger partial charge in [0.25, 0.3) is 0 Å². The van der Waals surface area contributed by atoms with Crippen LogP contribution in [0.4, 0.5) is 5.95 Å². The Morgan fingerprint density at radius 2 is 1.90 bits per heavy atom. The zero-order chi connectivity index (χ0) is 21.6. The molecule has 0 radical (unpaired) electrons. The van der Waals surface area contributed by atoms with Gasteiger partial charge in [-0.1, -0.05) is 23.9 Å². The van der Waals surface area contributed by atoms with E-state index in [9.17, 15) is 0 Å². The van der Waals surface area contributed by atoms with Crippen molar-refractivity contribution >= 4 is 40.3 Å². The number of benzene rings is 2. The van der Waals surface area contributed by atoms with Crippen LogP contribution in [0.5, 0.6) is 5.88 Å². The standard InChI is InChI=1S/C23H22IN5OS/c1-28-9-11-29(12-10-28)23-26-15-21(31-20-7-5-17(14-25)6-8-20)22(27-23)30-16-18-3-2-4-19(24)13-18/h2-8,13,15H,9-12,16H2,1H3. The lowest BCUT2D eigenvalue weighted by Crippen LogP contribution is -2.45. The van der Waals surface area contributed by atoms with E-state index in [-0.39, 0.29) is 0 Å². The first-order valence-electron chi connectivity index (χ1n) is 9.96. The molecule has 31 heavy (non-hydrogen) atoms. The Labute approximate surface area is 200 Å². The van der Waals surface area contributed by atoms with Crippen molar-refractivity contribution in [1.82, 2.24) is 14.9 Å². The van der Waals surface area contributed by atoms with E-state index >= 15 is 0 Å². The first kappa shape index (κ1) is 21.9. The minimum atomic E-state index is 0.441. The molecule has 1 saturated heterocycles. The third-order valence-corrected chi connectivity index (χ3v) is 6.65. The molecule has 1 aliphatic rings. The van der Waals surface area contributed by atoms with E-state index in [0.29, 0.717) is 24.0 Å². The predicted octanol–water partition coefficient (Wildman–Crippen LogP) is 4.43. The molecule has 0 bridgehead atoms. The fourth-order valence-corrected chi connectivity index (χ4v) is 4.61. The summed E-state index contributed by atoms with van der Waals surface area (Å²) in [6.45, 7) is 4.22. The Balaban J connectivity index is 1.58. The minimum absolute atomic E-state index is 0.441. The summed E-state index contributed by atoms with van der Waals surface area (Å²) in [7, 11) is 2.13. The molecule has 0 N–H and O–H groups in total. The summed E-state index contributed by atoms with van der Waals surface area (Å²) in [4.78, 5) is 15.8. The molecule has 158 valence electrons. The van der Waals surface area contributed by atoms with Crippen LogP contribution in [0.1, 0.15) is 11.1 Å². The Hall–Kier alpha value is -2.35. The number of piperazine rings is 1. The van der Waals surface area contributed by atoms with Crippen LogP contribution in [0.3, 0.4) is 0 Å². The molecule has 1 aromatic heterocycles. The molecule has 1 fully saturated rings. The Morgan fingerprint density at radius 1 is 1.13 bits per heavy atom. The van der Waals surface area contributed by atoms with Crippen molar-refractivity contribution in [3.63, 3.8) is 0 Å². The third-order valence-electron chi connectivity index (χ3n) is 4.97. The monoisotopic (exact) mass is 543 g/mol. The zero-order valence-electron chi connectivity index (χ0n) is 17.2. The Bertz CT molecular complexity index is 1080. The van der Waals surface area contributed by atoms with Crippen molar-refractivity contribution in [3.8, 4) is 11.9 Å². The first-order valence-corrected chi connectivity index (χ1v) is 11.9. The highest BCUT2D eigenvalue weighted by Crippen LogP contribution is 2.35. The number of aromatic nitrogens is 2. The van der Waals surface area contributed by atoms with Crippen LogP contribution in [-0.2, 0) is 6.61 Å². The lowest BCUT2D eigenvalue weighted by molar-refractivity contribution is 0.283. The van der Waals surface area contributed by atoms with Gasteiger partial charge in [0.15, 0.2) is 0 Å². The number of ether oxygens (including phenoxy) is 1. The lowest BCUT2D eigenvalue weighted by Gasteiger charge is -2.32. The normalized spacial score (nSPS) is 14.3. The second kappa shape index (κ2) is 10.3. The number of hydrogen-bond donors (Lipinski definition) is 0. The molecule has 3 aromatic rings. The second-order valence-electron chi connectivity index (χ2n) is 7.29. The van der Waals surface area contributed by atoms with Gasteiger partial charge in [0.2, 0.25) is 11.8 Å². The first-order chi connectivity index (χ1) is 15.1. The highest BCUT2D eigenvalue weighted by molar-refractivity contribution is 14.1. The highest BCUT2D eigenvalue weighted by atomic mass is 127. The van der Waals surface area contributed by atoms with Crippen LogP contribution in [0.2, 0.25) is 0 Å². The number of anilines is 1. The molecule has 0 amide bonds. The molecule has 6 nitrogen and oxygen atoms in total. The SMILES string of the molecule is CN1CCN(c2ncc(Sc3ccc(C#N)cc3)c(OCc3cccc(I)c3)n2)CC1. The van der Waals surface area contributed by atoms with Gasteiger partial charge >= 0.3 is 0 Å². The van der Waals surface area contributed by atoms with Crippen LogP contribution >= 0.6 is 34.4 Å². The van der Waals surface area contributed by atoms with Gasteiger partial charge in [-0.05, 0) is 71.6 Å². The highest BCUT2D eigenvalue weighted by Gasteiger charge is 2.19. The number of halogens is 1. The van der Waals surface area contributed by atoms with Gasteiger partial charge in [-0.15, -0.1) is 0 Å². The van der Waals surface area contributed by atoms with Crippen molar-refractivity contribution in [3.05, 3.63) is 69.4 Å². The summed E-state index contributed by atoms with van der Waals surface area (Å²) in [5.41, 5.74) is 1.74. The number of nitriles is 1. The Morgan fingerprint density at radius 3 is 2.61 bits per heavy atom. The van der Waals surface area contributed by atoms with Crippen molar-refractivity contribution in [2.24, 2.45) is 0 Å². The van der Waals surface area contributed by atoms with E-state index in [1.54, 1.807) is 0 Å². The van der Waals surface area contributed by atoms with Gasteiger partial charge < -0.3 is 14.5 Å². The molecule has 1 aliphatic heterocycles. The molecule has 0 spiro atoms. The number of likely N-dealkylation sites (N-methyl/N-ethyl adjacent to an activating group) is 1. The summed E-state index contributed by atoms with van der Waals surface area (Å²) in [5, 5.41) is 9.03. The maximum Gasteiger partial charge on any atom is 0.232 e. The van der Waals surface area contributed by atoms with Gasteiger partial charge in [0.05, 0.1) is 22.7 Å². The average Bonchev–Trinajstić information content (AvgIpc) is 2.79. The molecule has 2 heterocycles. The summed E-state index contributed by atoms with van der Waals surface area (Å²) in [5.74, 6) is 1.28. The van der Waals surface area contributed by atoms with Gasteiger partial charge in [-0.3, -0.25) is 0 Å². The average molecular weight is 543 g/mol. The van der Waals surface area contributed by atoms with Gasteiger partial charge in [-0.2, -0.15) is 10.2 Å². The van der Waals surface area contributed by atoms with Crippen molar-refractivity contribution in [1.29, 1.82) is 5.26 Å². The molecule has 0 saturated carbocycles. The second-order valence-corrected chi connectivity index (χ2v) is 9.65. The van der Waals surface area contributed by atoms with E-state index < -0.39 is 0 Å². The maximum atomic E-state index is 9.03. The van der Waals surface area contributed by atoms with Gasteiger partial charge in [0.1, 0.15) is 6.61 Å². The number of hydrogen-bond acceptors (Lipinski definition) is 7. The van der Waals surface area contributed by atoms with E-state index in [4.69, 9.17) is 15.0 Å². The molecule has 4 rings (SSSR count). The fraction of sp³-hybridized carbons (Fsp3) is 0.261. The van der Waals surface area contributed by atoms with Crippen molar-refractivity contribution < 1.29 is 4.74 Å². The summed E-state index contributed by atoms with van der Waals surface area (Å²) in [6, 6.07) is 17.9. The van der Waals surface area contributed by atoms with Gasteiger partial charge in [-0.25, -0.2) is 4.98 Å². The van der Waals surface area contributed by atoms with Crippen LogP contribution in [0.15, 0.2) is 64.5 Å². The molecule has 2 aromatic carbocycles. The predicted molar refractivity (Wildman–Crippen MR) is 131 cm³/mol. The van der Waals surface area contributed by atoms with Gasteiger partial charge in [0, 0.05) is 34.6 Å². The molecular formula is C23H22IN5OS. The van der Waals surface area contributed by atoms with E-state index in [0.717, 1.165) is 41.5 Å². The summed E-state index contributed by atoms with van der Waals surface area (Å²) < 4.78 is 7.36. The molecule has 8 heteroatoms. The Kier molecular flexibility index (Phi) is 7.27. The van der Waals surface area contributed by atoms with Crippen molar-refractivity contribution in [2.45, 2.75) is 16.4 Å². The molecule has 0 aliphatic carbocycles. The van der Waals surface area contributed by atoms with E-state index in [1.165, 1.54) is 15.3 Å². The topological polar surface area (TPSA) is 65.3 Å². The molecule has 0 unspecified atom stereocenters. The smallest absolute Gasteiger partial charge is 0.232 e. The zero-order valence-corrected chi connectivity index (χ0v) is 20.1. The quantitative estimate of drug-likeness (QED) is 0.426. The van der Waals surface area contributed by atoms with Crippen molar-refractivity contribution in [2.75, 3.05) is 38.1 Å². The van der Waals surface area contributed by atoms with Crippen LogP contribution in [-0.4, -0.2) is 48.1 Å². The van der Waals surface area contributed by atoms with E-state index in [2.05, 4.69) is 68.7 Å². The van der Waals surface area contributed by atoms with Crippen LogP contribution in [0.25, 0.3) is 0 Å². The summed E-state index contributed by atoms with van der Waals surface area (Å²) >= 11 is 3.84. The molecule has 0 atom stereocenters. The van der Waals surface area contributed by atoms with Crippen LogP contribution < -0.4 is 9.64 Å². The molecular weight excluding hydrogens is 521 g/mol.